The fourth-order valence-electron chi connectivity index (χ4n) is 2.27. The van der Waals surface area contributed by atoms with E-state index in [1.54, 1.807) is 0 Å². The lowest BCUT2D eigenvalue weighted by Gasteiger charge is -2.26. The van der Waals surface area contributed by atoms with E-state index >= 15 is 0 Å². The van der Waals surface area contributed by atoms with Crippen molar-refractivity contribution in [2.24, 2.45) is 0 Å². The summed E-state index contributed by atoms with van der Waals surface area (Å²) in [5.74, 6) is 0.0330. The number of nitrogens with two attached hydrogens (primary N) is 1. The second-order valence-electron chi connectivity index (χ2n) is 4.39. The number of hydrogen-bond donors (Lipinski definition) is 3. The molecule has 3 heterocycles. The third kappa shape index (κ3) is 1.82. The van der Waals surface area contributed by atoms with Gasteiger partial charge in [0, 0.05) is 6.42 Å². The summed E-state index contributed by atoms with van der Waals surface area (Å²) in [6, 6.07) is 0. The molecule has 2 atom stereocenters. The molecule has 0 unspecified atom stereocenters. The monoisotopic (exact) mass is 284 g/mol. The number of aromatic nitrogens is 3. The largest absolute Gasteiger partial charge is 0.391 e. The van der Waals surface area contributed by atoms with Gasteiger partial charge in [-0.15, -0.1) is 0 Å². The molecule has 2 aromatic heterocycles. The lowest BCUT2D eigenvalue weighted by Crippen LogP contribution is -2.42. The SMILES string of the molecule is Nc1ncc2sc(=O)n([C@@]3(CO)C[C@@H](O)CO3)c2n1. The van der Waals surface area contributed by atoms with E-state index in [1.807, 2.05) is 0 Å². The maximum atomic E-state index is 12.1. The van der Waals surface area contributed by atoms with Crippen LogP contribution in [0.4, 0.5) is 5.95 Å². The van der Waals surface area contributed by atoms with Crippen molar-refractivity contribution >= 4 is 27.6 Å². The zero-order valence-corrected chi connectivity index (χ0v) is 10.6. The van der Waals surface area contributed by atoms with Crippen molar-refractivity contribution in [2.45, 2.75) is 18.2 Å². The van der Waals surface area contributed by atoms with Crippen molar-refractivity contribution in [3.8, 4) is 0 Å². The highest BCUT2D eigenvalue weighted by atomic mass is 32.1. The molecule has 2 aromatic rings. The molecule has 102 valence electrons. The topological polar surface area (TPSA) is 123 Å². The zero-order chi connectivity index (χ0) is 13.6. The molecule has 0 spiro atoms. The van der Waals surface area contributed by atoms with Crippen LogP contribution in [0.25, 0.3) is 10.3 Å². The smallest absolute Gasteiger partial charge is 0.311 e. The quantitative estimate of drug-likeness (QED) is 0.637. The van der Waals surface area contributed by atoms with Crippen LogP contribution in [0.2, 0.25) is 0 Å². The Bertz CT molecular complexity index is 684. The minimum Gasteiger partial charge on any atom is -0.391 e. The van der Waals surface area contributed by atoms with Crippen molar-refractivity contribution in [1.82, 2.24) is 14.5 Å². The van der Waals surface area contributed by atoms with Crippen LogP contribution in [0.15, 0.2) is 11.0 Å². The molecule has 19 heavy (non-hydrogen) atoms. The number of thiazole rings is 1. The minimum absolute atomic E-state index is 0.0330. The van der Waals surface area contributed by atoms with E-state index in [-0.39, 0.29) is 23.8 Å². The lowest BCUT2D eigenvalue weighted by molar-refractivity contribution is -0.0979. The number of aliphatic hydroxyl groups excluding tert-OH is 2. The Balaban J connectivity index is 2.26. The number of ether oxygens (including phenoxy) is 1. The number of fused-ring (bicyclic) bond motifs is 1. The van der Waals surface area contributed by atoms with Crippen molar-refractivity contribution < 1.29 is 14.9 Å². The number of anilines is 1. The highest BCUT2D eigenvalue weighted by Crippen LogP contribution is 2.33. The second kappa shape index (κ2) is 4.23. The summed E-state index contributed by atoms with van der Waals surface area (Å²) in [7, 11) is 0. The Labute approximate surface area is 111 Å². The van der Waals surface area contributed by atoms with Gasteiger partial charge in [0.25, 0.3) is 0 Å². The van der Waals surface area contributed by atoms with Crippen LogP contribution in [0.5, 0.6) is 0 Å². The Hall–Kier alpha value is -1.55. The van der Waals surface area contributed by atoms with Crippen LogP contribution in [0.3, 0.4) is 0 Å². The van der Waals surface area contributed by atoms with Crippen LogP contribution < -0.4 is 10.6 Å². The van der Waals surface area contributed by atoms with Crippen LogP contribution in [-0.4, -0.2) is 44.1 Å². The van der Waals surface area contributed by atoms with Crippen molar-refractivity contribution in [3.05, 3.63) is 15.9 Å². The Morgan fingerprint density at radius 2 is 2.47 bits per heavy atom. The molecule has 1 aliphatic rings. The van der Waals surface area contributed by atoms with Crippen molar-refractivity contribution in [1.29, 1.82) is 0 Å². The van der Waals surface area contributed by atoms with E-state index in [0.29, 0.717) is 10.3 Å². The van der Waals surface area contributed by atoms with Gasteiger partial charge < -0.3 is 20.7 Å². The molecule has 0 aromatic carbocycles. The predicted molar refractivity (Wildman–Crippen MR) is 67.7 cm³/mol. The summed E-state index contributed by atoms with van der Waals surface area (Å²) in [5.41, 5.74) is 4.56. The molecule has 4 N–H and O–H groups in total. The standard InChI is InChI=1S/C10H12N4O4S/c11-8-12-2-6-7(13-8)14(9(17)19-6)10(4-15)1-5(16)3-18-10/h2,5,15-16H,1,3-4H2,(H2,11,12,13)/t5-,10+/m1/s1. The van der Waals surface area contributed by atoms with Crippen LogP contribution in [0.1, 0.15) is 6.42 Å². The van der Waals surface area contributed by atoms with E-state index in [1.165, 1.54) is 10.8 Å². The average Bonchev–Trinajstić information content (AvgIpc) is 2.90. The molecular formula is C10H12N4O4S. The first-order valence-electron chi connectivity index (χ1n) is 5.63. The van der Waals surface area contributed by atoms with Gasteiger partial charge in [-0.1, -0.05) is 11.3 Å². The summed E-state index contributed by atoms with van der Waals surface area (Å²) in [6.45, 7) is -0.370. The highest BCUT2D eigenvalue weighted by Gasteiger charge is 2.43. The molecule has 0 bridgehead atoms. The maximum absolute atomic E-state index is 12.1. The molecule has 3 rings (SSSR count). The van der Waals surface area contributed by atoms with Gasteiger partial charge in [-0.25, -0.2) is 4.98 Å². The summed E-state index contributed by atoms with van der Waals surface area (Å²) in [6.07, 6.45) is 0.851. The fourth-order valence-corrected chi connectivity index (χ4v) is 3.13. The Morgan fingerprint density at radius 1 is 1.68 bits per heavy atom. The first-order chi connectivity index (χ1) is 9.05. The molecule has 1 aliphatic heterocycles. The summed E-state index contributed by atoms with van der Waals surface area (Å²) >= 11 is 0.944. The molecule has 0 amide bonds. The van der Waals surface area contributed by atoms with Crippen LogP contribution in [-0.2, 0) is 10.5 Å². The molecule has 0 radical (unpaired) electrons. The molecular weight excluding hydrogens is 272 g/mol. The van der Waals surface area contributed by atoms with Gasteiger partial charge in [0.15, 0.2) is 11.4 Å². The minimum atomic E-state index is -1.28. The first kappa shape index (κ1) is 12.5. The number of aliphatic hydroxyl groups is 2. The van der Waals surface area contributed by atoms with Gasteiger partial charge in [0.2, 0.25) is 5.95 Å². The number of rotatable bonds is 2. The van der Waals surface area contributed by atoms with Gasteiger partial charge in [-0.3, -0.25) is 9.36 Å². The van der Waals surface area contributed by atoms with Crippen LogP contribution in [0, 0.1) is 0 Å². The summed E-state index contributed by atoms with van der Waals surface area (Å²) < 4.78 is 7.25. The summed E-state index contributed by atoms with van der Waals surface area (Å²) in [4.78, 5) is 19.6. The third-order valence-electron chi connectivity index (χ3n) is 3.10. The van der Waals surface area contributed by atoms with E-state index in [4.69, 9.17) is 10.5 Å². The molecule has 8 nitrogen and oxygen atoms in total. The molecule has 9 heteroatoms. The zero-order valence-electron chi connectivity index (χ0n) is 9.81. The van der Waals surface area contributed by atoms with E-state index in [2.05, 4.69) is 9.97 Å². The van der Waals surface area contributed by atoms with Crippen molar-refractivity contribution in [3.63, 3.8) is 0 Å². The molecule has 0 aliphatic carbocycles. The third-order valence-corrected chi connectivity index (χ3v) is 3.97. The maximum Gasteiger partial charge on any atom is 0.311 e. The molecule has 0 saturated carbocycles. The first-order valence-corrected chi connectivity index (χ1v) is 6.45. The summed E-state index contributed by atoms with van der Waals surface area (Å²) in [5, 5.41) is 19.2. The lowest BCUT2D eigenvalue weighted by atomic mass is 10.1. The highest BCUT2D eigenvalue weighted by molar-refractivity contribution is 7.16. The van der Waals surface area contributed by atoms with E-state index in [0.717, 1.165) is 11.3 Å². The Kier molecular flexibility index (Phi) is 2.78. The van der Waals surface area contributed by atoms with Gasteiger partial charge in [-0.2, -0.15) is 4.98 Å². The Morgan fingerprint density at radius 3 is 3.11 bits per heavy atom. The fraction of sp³-hybridized carbons (Fsp3) is 0.500. The molecule has 1 fully saturated rings. The van der Waals surface area contributed by atoms with Crippen LogP contribution >= 0.6 is 11.3 Å². The normalized spacial score (nSPS) is 27.2. The van der Waals surface area contributed by atoms with E-state index in [9.17, 15) is 15.0 Å². The second-order valence-corrected chi connectivity index (χ2v) is 5.39. The predicted octanol–water partition coefficient (Wildman–Crippen LogP) is -1.14. The average molecular weight is 284 g/mol. The van der Waals surface area contributed by atoms with E-state index < -0.39 is 18.4 Å². The number of hydrogen-bond acceptors (Lipinski definition) is 8. The number of nitrogen functional groups attached to an aromatic ring is 1. The van der Waals surface area contributed by atoms with Gasteiger partial charge >= 0.3 is 4.87 Å². The molecule has 1 saturated heterocycles. The van der Waals surface area contributed by atoms with Gasteiger partial charge in [0.05, 0.1) is 30.2 Å². The van der Waals surface area contributed by atoms with Crippen molar-refractivity contribution in [2.75, 3.05) is 18.9 Å². The van der Waals surface area contributed by atoms with Gasteiger partial charge in [-0.05, 0) is 0 Å². The number of nitrogens with zero attached hydrogens (tertiary/aromatic N) is 3. The van der Waals surface area contributed by atoms with Gasteiger partial charge in [0.1, 0.15) is 0 Å².